The van der Waals surface area contributed by atoms with Crippen LogP contribution in [0, 0.1) is 0 Å². The molecule has 0 atom stereocenters. The van der Waals surface area contributed by atoms with Gasteiger partial charge in [-0.2, -0.15) is 0 Å². The van der Waals surface area contributed by atoms with Gasteiger partial charge < -0.3 is 17.0 Å². The number of Topliss-reactive ketones (excluding diaryl/α,β-unsaturated/α-hetero) is 1. The van der Waals surface area contributed by atoms with Crippen LogP contribution >= 0.6 is 0 Å². The largest absolute Gasteiger partial charge is 1.00 e. The predicted molar refractivity (Wildman–Crippen MR) is 45.3 cm³/mol. The minimum atomic E-state index is -0.665. The summed E-state index contributed by atoms with van der Waals surface area (Å²) in [5.41, 5.74) is 0. The Hall–Kier alpha value is -0.0505. The number of halogens is 1. The van der Waals surface area contributed by atoms with Crippen LogP contribution in [0.25, 0.3) is 0 Å². The molecule has 0 radical (unpaired) electrons. The van der Waals surface area contributed by atoms with Crippen molar-refractivity contribution >= 4 is 19.7 Å². The van der Waals surface area contributed by atoms with Gasteiger partial charge in [-0.25, -0.2) is 0 Å². The molecule has 0 saturated carbocycles. The number of furan rings is 1. The Morgan fingerprint density at radius 3 is 2.67 bits per heavy atom. The summed E-state index contributed by atoms with van der Waals surface area (Å²) in [5.74, 6) is 4.93. The van der Waals surface area contributed by atoms with E-state index in [2.05, 4.69) is 11.6 Å². The van der Waals surface area contributed by atoms with Crippen LogP contribution in [0.5, 0.6) is 0 Å². The van der Waals surface area contributed by atoms with Gasteiger partial charge in [-0.15, -0.1) is 0 Å². The summed E-state index contributed by atoms with van der Waals surface area (Å²) in [6.07, 6.45) is 1.54. The third kappa shape index (κ3) is 3.57. The maximum Gasteiger partial charge on any atom is -1.00 e. The summed E-state index contributed by atoms with van der Waals surface area (Å²) in [5, 5.41) is 0.688. The van der Waals surface area contributed by atoms with Gasteiger partial charge in [0, 0.05) is 0 Å². The fourth-order valence-corrected chi connectivity index (χ4v) is 2.17. The molecule has 1 heterocycles. The van der Waals surface area contributed by atoms with Crippen LogP contribution in [0.4, 0.5) is 0 Å². The smallest absolute Gasteiger partial charge is 1.00 e. The summed E-state index contributed by atoms with van der Waals surface area (Å²) in [4.78, 5) is 11.3. The van der Waals surface area contributed by atoms with E-state index in [9.17, 15) is 4.79 Å². The summed E-state index contributed by atoms with van der Waals surface area (Å²) in [7, 11) is 0. The molecule has 0 aliphatic carbocycles. The molecule has 0 aliphatic rings. The first-order chi connectivity index (χ1) is 5.20. The van der Waals surface area contributed by atoms with Gasteiger partial charge in [0.05, 0.1) is 0 Å². The van der Waals surface area contributed by atoms with Gasteiger partial charge in [0.1, 0.15) is 0 Å². The second-order valence-electron chi connectivity index (χ2n) is 2.53. The molecule has 0 fully saturated rings. The molecule has 12 heavy (non-hydrogen) atoms. The first-order valence-electron chi connectivity index (χ1n) is 3.31. The maximum atomic E-state index is 11.3. The maximum absolute atomic E-state index is 11.3. The molecule has 68 valence electrons. The molecule has 0 amide bonds. The Labute approximate surface area is 87.0 Å². The molecule has 0 unspecified atom stereocenters. The Kier molecular flexibility index (Phi) is 5.55. The van der Waals surface area contributed by atoms with Crippen LogP contribution in [-0.4, -0.2) is 19.7 Å². The van der Waals surface area contributed by atoms with Gasteiger partial charge >= 0.3 is 70.0 Å². The van der Waals surface area contributed by atoms with Crippen molar-refractivity contribution < 1.29 is 26.2 Å². The summed E-state index contributed by atoms with van der Waals surface area (Å²) >= 11 is -0.665. The molecular formula is C8H11BrO2Se. The van der Waals surface area contributed by atoms with Crippen molar-refractivity contribution in [1.29, 1.82) is 0 Å². The van der Waals surface area contributed by atoms with Gasteiger partial charge in [-0.3, -0.25) is 0 Å². The molecule has 4 heteroatoms. The second-order valence-corrected chi connectivity index (χ2v) is 7.27. The van der Waals surface area contributed by atoms with E-state index in [4.69, 9.17) is 4.42 Å². The van der Waals surface area contributed by atoms with Gasteiger partial charge in [0.15, 0.2) is 0 Å². The van der Waals surface area contributed by atoms with E-state index < -0.39 is 13.9 Å². The van der Waals surface area contributed by atoms with Crippen LogP contribution < -0.4 is 17.0 Å². The van der Waals surface area contributed by atoms with Crippen LogP contribution in [-0.2, 0) is 0 Å². The average molecular weight is 298 g/mol. The minimum Gasteiger partial charge on any atom is -1.00 e. The van der Waals surface area contributed by atoms with Crippen molar-refractivity contribution in [2.75, 3.05) is 0 Å². The number of carbonyl (C=O) groups excluding carboxylic acids is 1. The van der Waals surface area contributed by atoms with Crippen molar-refractivity contribution in [2.24, 2.45) is 0 Å². The molecule has 0 saturated heterocycles. The standard InChI is InChI=1S/C8H11O2Se.BrH/c1-11(2)6-7(9)8-4-3-5-10-8;/h3-5H,6H2,1-2H3;1H/q+1;/p-1. The van der Waals surface area contributed by atoms with Crippen LogP contribution in [0.15, 0.2) is 22.8 Å². The fraction of sp³-hybridized carbons (Fsp3) is 0.375. The first kappa shape index (κ1) is 11.9. The van der Waals surface area contributed by atoms with E-state index >= 15 is 0 Å². The molecule has 1 aromatic heterocycles. The van der Waals surface area contributed by atoms with E-state index in [1.54, 1.807) is 12.1 Å². The Balaban J connectivity index is 0.00000121. The molecule has 2 nitrogen and oxygen atoms in total. The quantitative estimate of drug-likeness (QED) is 0.541. The molecule has 1 rings (SSSR count). The Bertz CT molecular complexity index is 231. The zero-order chi connectivity index (χ0) is 8.27. The second kappa shape index (κ2) is 5.57. The molecule has 0 aliphatic heterocycles. The zero-order valence-corrected chi connectivity index (χ0v) is 10.3. The number of ketones is 1. The number of carbonyl (C=O) groups is 1. The van der Waals surface area contributed by atoms with Gasteiger partial charge in [0.2, 0.25) is 0 Å². The minimum absolute atomic E-state index is 0. The van der Waals surface area contributed by atoms with Crippen LogP contribution in [0.2, 0.25) is 17.0 Å². The van der Waals surface area contributed by atoms with E-state index in [1.165, 1.54) is 6.26 Å². The topological polar surface area (TPSA) is 30.2 Å². The van der Waals surface area contributed by atoms with Crippen molar-refractivity contribution in [2.45, 2.75) is 17.0 Å². The van der Waals surface area contributed by atoms with E-state index in [0.29, 0.717) is 11.1 Å². The van der Waals surface area contributed by atoms with Gasteiger partial charge in [0.25, 0.3) is 0 Å². The normalized spacial score (nSPS) is 9.58. The Morgan fingerprint density at radius 1 is 1.58 bits per heavy atom. The van der Waals surface area contributed by atoms with Crippen molar-refractivity contribution in [3.8, 4) is 0 Å². The van der Waals surface area contributed by atoms with Crippen LogP contribution in [0.1, 0.15) is 10.6 Å². The third-order valence-electron chi connectivity index (χ3n) is 1.22. The van der Waals surface area contributed by atoms with Crippen LogP contribution in [0.3, 0.4) is 0 Å². The number of hydrogen-bond acceptors (Lipinski definition) is 2. The van der Waals surface area contributed by atoms with Crippen molar-refractivity contribution in [1.82, 2.24) is 0 Å². The summed E-state index contributed by atoms with van der Waals surface area (Å²) in [6, 6.07) is 3.46. The Morgan fingerprint density at radius 2 is 2.25 bits per heavy atom. The number of hydrogen-bond donors (Lipinski definition) is 0. The SMILES string of the molecule is C[Se+](C)CC(=O)c1ccco1.[Br-]. The monoisotopic (exact) mass is 298 g/mol. The van der Waals surface area contributed by atoms with Crippen molar-refractivity contribution in [3.05, 3.63) is 24.2 Å². The van der Waals surface area contributed by atoms with Gasteiger partial charge in [-0.1, -0.05) is 0 Å². The molecular weight excluding hydrogens is 287 g/mol. The molecule has 0 bridgehead atoms. The van der Waals surface area contributed by atoms with E-state index in [-0.39, 0.29) is 22.8 Å². The molecule has 0 spiro atoms. The van der Waals surface area contributed by atoms with E-state index in [0.717, 1.165) is 0 Å². The van der Waals surface area contributed by atoms with Crippen molar-refractivity contribution in [3.63, 3.8) is 0 Å². The summed E-state index contributed by atoms with van der Waals surface area (Å²) in [6.45, 7) is 0. The molecule has 0 N–H and O–H groups in total. The first-order valence-corrected chi connectivity index (χ1v) is 7.95. The van der Waals surface area contributed by atoms with E-state index in [1.807, 2.05) is 0 Å². The average Bonchev–Trinajstić information content (AvgIpc) is 2.35. The summed E-state index contributed by atoms with van der Waals surface area (Å²) < 4.78 is 4.97. The molecule has 0 aromatic carbocycles. The molecule has 1 aromatic rings. The zero-order valence-electron chi connectivity index (χ0n) is 7.04. The van der Waals surface area contributed by atoms with Gasteiger partial charge in [-0.05, 0) is 0 Å². The number of rotatable bonds is 3. The fourth-order valence-electron chi connectivity index (χ4n) is 0.771. The predicted octanol–water partition coefficient (Wildman–Crippen LogP) is -0.779. The third-order valence-corrected chi connectivity index (χ3v) is 2.98.